The number of rotatable bonds is 5. The number of halogens is 1. The van der Waals surface area contributed by atoms with Crippen molar-refractivity contribution in [1.82, 2.24) is 0 Å². The molecule has 3 heteroatoms. The summed E-state index contributed by atoms with van der Waals surface area (Å²) in [6, 6.07) is 7.45. The molecular weight excluding hydrogens is 272 g/mol. The van der Waals surface area contributed by atoms with Crippen LogP contribution in [0.5, 0.6) is 0 Å². The van der Waals surface area contributed by atoms with Crippen molar-refractivity contribution in [3.63, 3.8) is 0 Å². The van der Waals surface area contributed by atoms with E-state index in [4.69, 9.17) is 16.0 Å². The lowest BCUT2D eigenvalue weighted by Gasteiger charge is -2.29. The molecule has 0 aliphatic rings. The van der Waals surface area contributed by atoms with Gasteiger partial charge in [0, 0.05) is 10.4 Å². The zero-order valence-electron chi connectivity index (χ0n) is 12.6. The molecule has 0 amide bonds. The van der Waals surface area contributed by atoms with Crippen molar-refractivity contribution < 1.29 is 9.52 Å². The SMILES string of the molecule is CC(C)CC(O)(CC(C)C)c1cc2cc(Cl)ccc2o1. The highest BCUT2D eigenvalue weighted by Gasteiger charge is 2.34. The quantitative estimate of drug-likeness (QED) is 0.804. The lowest BCUT2D eigenvalue weighted by Crippen LogP contribution is -2.29. The van der Waals surface area contributed by atoms with Gasteiger partial charge in [0.25, 0.3) is 0 Å². The van der Waals surface area contributed by atoms with Gasteiger partial charge in [-0.15, -0.1) is 0 Å². The third-order valence-electron chi connectivity index (χ3n) is 3.43. The second-order valence-corrected chi connectivity index (χ2v) is 6.96. The second-order valence-electron chi connectivity index (χ2n) is 6.52. The van der Waals surface area contributed by atoms with E-state index in [1.165, 1.54) is 0 Å². The first-order chi connectivity index (χ1) is 9.30. The lowest BCUT2D eigenvalue weighted by molar-refractivity contribution is -0.0222. The first-order valence-corrected chi connectivity index (χ1v) is 7.60. The Morgan fingerprint density at radius 2 is 1.70 bits per heavy atom. The van der Waals surface area contributed by atoms with Crippen molar-refractivity contribution in [2.75, 3.05) is 0 Å². The molecular formula is C17H23ClO2. The van der Waals surface area contributed by atoms with Crippen LogP contribution in [-0.2, 0) is 5.60 Å². The van der Waals surface area contributed by atoms with Gasteiger partial charge in [-0.1, -0.05) is 39.3 Å². The van der Waals surface area contributed by atoms with Crippen molar-refractivity contribution in [3.8, 4) is 0 Å². The Hall–Kier alpha value is -0.990. The number of fused-ring (bicyclic) bond motifs is 1. The summed E-state index contributed by atoms with van der Waals surface area (Å²) >= 11 is 6.01. The van der Waals surface area contributed by atoms with Crippen molar-refractivity contribution in [1.29, 1.82) is 0 Å². The summed E-state index contributed by atoms with van der Waals surface area (Å²) < 4.78 is 5.88. The molecule has 1 aromatic carbocycles. The summed E-state index contributed by atoms with van der Waals surface area (Å²) in [4.78, 5) is 0. The van der Waals surface area contributed by atoms with E-state index >= 15 is 0 Å². The third kappa shape index (κ3) is 3.36. The van der Waals surface area contributed by atoms with E-state index in [0.717, 1.165) is 11.0 Å². The summed E-state index contributed by atoms with van der Waals surface area (Å²) in [5, 5.41) is 12.7. The molecule has 0 bridgehead atoms. The standard InChI is InChI=1S/C17H23ClO2/c1-11(2)9-17(19,10-12(3)4)16-8-13-7-14(18)5-6-15(13)20-16/h5-8,11-12,19H,9-10H2,1-4H3. The Bertz CT molecular complexity index is 574. The largest absolute Gasteiger partial charge is 0.458 e. The fourth-order valence-corrected chi connectivity index (χ4v) is 3.06. The summed E-state index contributed by atoms with van der Waals surface area (Å²) in [5.74, 6) is 1.45. The fourth-order valence-electron chi connectivity index (χ4n) is 2.88. The average Bonchev–Trinajstić information content (AvgIpc) is 2.69. The van der Waals surface area contributed by atoms with Gasteiger partial charge < -0.3 is 9.52 Å². The van der Waals surface area contributed by atoms with Gasteiger partial charge in [-0.05, 0) is 48.9 Å². The zero-order chi connectivity index (χ0) is 14.9. The lowest BCUT2D eigenvalue weighted by atomic mass is 9.83. The van der Waals surface area contributed by atoms with Crippen LogP contribution in [-0.4, -0.2) is 5.11 Å². The van der Waals surface area contributed by atoms with Crippen LogP contribution in [0.1, 0.15) is 46.3 Å². The molecule has 0 unspecified atom stereocenters. The van der Waals surface area contributed by atoms with Crippen LogP contribution in [0.2, 0.25) is 5.02 Å². The van der Waals surface area contributed by atoms with Crippen LogP contribution in [0, 0.1) is 11.8 Å². The molecule has 0 spiro atoms. The first kappa shape index (κ1) is 15.4. The molecule has 1 aromatic heterocycles. The summed E-state index contributed by atoms with van der Waals surface area (Å²) in [6.45, 7) is 8.46. The monoisotopic (exact) mass is 294 g/mol. The fraction of sp³-hybridized carbons (Fsp3) is 0.529. The van der Waals surface area contributed by atoms with Crippen LogP contribution in [0.3, 0.4) is 0 Å². The van der Waals surface area contributed by atoms with E-state index in [0.29, 0.717) is 35.5 Å². The molecule has 0 fully saturated rings. The van der Waals surface area contributed by atoms with Crippen molar-refractivity contribution in [2.45, 2.75) is 46.1 Å². The highest BCUT2D eigenvalue weighted by Crippen LogP contribution is 2.38. The maximum Gasteiger partial charge on any atom is 0.136 e. The van der Waals surface area contributed by atoms with E-state index in [9.17, 15) is 5.11 Å². The van der Waals surface area contributed by atoms with Gasteiger partial charge in [0.2, 0.25) is 0 Å². The van der Waals surface area contributed by atoms with Crippen LogP contribution in [0.4, 0.5) is 0 Å². The minimum absolute atomic E-state index is 0.399. The van der Waals surface area contributed by atoms with Gasteiger partial charge in [0.05, 0.1) is 0 Å². The third-order valence-corrected chi connectivity index (χ3v) is 3.66. The minimum atomic E-state index is -0.909. The maximum atomic E-state index is 11.1. The Labute approximate surface area is 125 Å². The molecule has 0 saturated carbocycles. The molecule has 20 heavy (non-hydrogen) atoms. The Morgan fingerprint density at radius 3 is 2.25 bits per heavy atom. The molecule has 0 saturated heterocycles. The van der Waals surface area contributed by atoms with Gasteiger partial charge in [0.1, 0.15) is 16.9 Å². The summed E-state index contributed by atoms with van der Waals surface area (Å²) in [7, 11) is 0. The molecule has 1 heterocycles. The molecule has 0 radical (unpaired) electrons. The molecule has 0 aliphatic heterocycles. The van der Waals surface area contributed by atoms with Gasteiger partial charge in [-0.2, -0.15) is 0 Å². The second kappa shape index (κ2) is 5.79. The molecule has 2 nitrogen and oxygen atoms in total. The number of hydrogen-bond donors (Lipinski definition) is 1. The van der Waals surface area contributed by atoms with Gasteiger partial charge in [-0.3, -0.25) is 0 Å². The molecule has 110 valence electrons. The molecule has 2 aromatic rings. The Morgan fingerprint density at radius 1 is 1.10 bits per heavy atom. The van der Waals surface area contributed by atoms with E-state index < -0.39 is 5.60 Å². The number of benzene rings is 1. The minimum Gasteiger partial charge on any atom is -0.458 e. The molecule has 0 atom stereocenters. The smallest absolute Gasteiger partial charge is 0.136 e. The molecule has 0 aliphatic carbocycles. The predicted molar refractivity (Wildman–Crippen MR) is 84.0 cm³/mol. The summed E-state index contributed by atoms with van der Waals surface area (Å²) in [5.41, 5.74) is -0.135. The van der Waals surface area contributed by atoms with Crippen molar-refractivity contribution >= 4 is 22.6 Å². The van der Waals surface area contributed by atoms with Crippen LogP contribution >= 0.6 is 11.6 Å². The average molecular weight is 295 g/mol. The first-order valence-electron chi connectivity index (χ1n) is 7.22. The topological polar surface area (TPSA) is 33.4 Å². The Balaban J connectivity index is 2.44. The van der Waals surface area contributed by atoms with Gasteiger partial charge >= 0.3 is 0 Å². The highest BCUT2D eigenvalue weighted by atomic mass is 35.5. The normalized spacial score (nSPS) is 12.8. The number of aliphatic hydroxyl groups is 1. The molecule has 2 rings (SSSR count). The zero-order valence-corrected chi connectivity index (χ0v) is 13.4. The van der Waals surface area contributed by atoms with E-state index in [2.05, 4.69) is 27.7 Å². The van der Waals surface area contributed by atoms with E-state index in [1.807, 2.05) is 18.2 Å². The number of furan rings is 1. The van der Waals surface area contributed by atoms with E-state index in [1.54, 1.807) is 6.07 Å². The van der Waals surface area contributed by atoms with Gasteiger partial charge in [-0.25, -0.2) is 0 Å². The summed E-state index contributed by atoms with van der Waals surface area (Å²) in [6.07, 6.45) is 1.39. The Kier molecular flexibility index (Phi) is 4.46. The van der Waals surface area contributed by atoms with Crippen molar-refractivity contribution in [2.24, 2.45) is 11.8 Å². The van der Waals surface area contributed by atoms with Crippen LogP contribution in [0.25, 0.3) is 11.0 Å². The van der Waals surface area contributed by atoms with Crippen LogP contribution in [0.15, 0.2) is 28.7 Å². The highest BCUT2D eigenvalue weighted by molar-refractivity contribution is 6.31. The molecule has 1 N–H and O–H groups in total. The maximum absolute atomic E-state index is 11.1. The van der Waals surface area contributed by atoms with Crippen molar-refractivity contribution in [3.05, 3.63) is 35.0 Å². The van der Waals surface area contributed by atoms with Gasteiger partial charge in [0.15, 0.2) is 0 Å². The number of hydrogen-bond acceptors (Lipinski definition) is 2. The van der Waals surface area contributed by atoms with E-state index in [-0.39, 0.29) is 0 Å². The predicted octanol–water partition coefficient (Wildman–Crippen LogP) is 5.37. The van der Waals surface area contributed by atoms with Crippen LogP contribution < -0.4 is 0 Å².